The standard InChI is InChI=1S/C14H19BrN2O2S/c1-3-4-16-13-9-7-10(15)12(20-6-5-19-2)8-11(9)17-14(13)18/h7-8,13,16H,3-6H2,1-2H3,(H,17,18). The number of rotatable bonds is 7. The second kappa shape index (κ2) is 7.45. The maximum atomic E-state index is 12.0. The Kier molecular flexibility index (Phi) is 5.89. The number of anilines is 1. The average molecular weight is 359 g/mol. The molecule has 1 aromatic rings. The van der Waals surface area contributed by atoms with Crippen LogP contribution in [0, 0.1) is 0 Å². The molecule has 1 aliphatic heterocycles. The lowest BCUT2D eigenvalue weighted by atomic mass is 10.1. The highest BCUT2D eigenvalue weighted by molar-refractivity contribution is 9.10. The first-order valence-electron chi connectivity index (χ1n) is 6.66. The number of carbonyl (C=O) groups excluding carboxylic acids is 1. The predicted octanol–water partition coefficient (Wildman–Crippen LogP) is 3.18. The Balaban J connectivity index is 2.16. The molecular weight excluding hydrogens is 340 g/mol. The maximum absolute atomic E-state index is 12.0. The molecule has 1 heterocycles. The van der Waals surface area contributed by atoms with Crippen molar-refractivity contribution in [3.05, 3.63) is 22.2 Å². The van der Waals surface area contributed by atoms with Gasteiger partial charge in [-0.05, 0) is 41.0 Å². The summed E-state index contributed by atoms with van der Waals surface area (Å²) in [5.74, 6) is 0.915. The molecule has 0 fully saturated rings. The first-order chi connectivity index (χ1) is 9.67. The van der Waals surface area contributed by atoms with Crippen LogP contribution in [0.1, 0.15) is 24.9 Å². The van der Waals surface area contributed by atoms with E-state index in [9.17, 15) is 4.79 Å². The molecule has 0 aromatic heterocycles. The number of fused-ring (bicyclic) bond motifs is 1. The van der Waals surface area contributed by atoms with Gasteiger partial charge in [0.05, 0.1) is 6.61 Å². The van der Waals surface area contributed by atoms with Gasteiger partial charge in [0.25, 0.3) is 0 Å². The normalized spacial score (nSPS) is 17.1. The zero-order valence-electron chi connectivity index (χ0n) is 11.7. The summed E-state index contributed by atoms with van der Waals surface area (Å²) < 4.78 is 6.08. The van der Waals surface area contributed by atoms with Crippen LogP contribution in [0.5, 0.6) is 0 Å². The molecule has 4 nitrogen and oxygen atoms in total. The maximum Gasteiger partial charge on any atom is 0.246 e. The zero-order valence-corrected chi connectivity index (χ0v) is 14.1. The lowest BCUT2D eigenvalue weighted by molar-refractivity contribution is -0.117. The van der Waals surface area contributed by atoms with Crippen molar-refractivity contribution in [3.63, 3.8) is 0 Å². The van der Waals surface area contributed by atoms with Gasteiger partial charge >= 0.3 is 0 Å². The van der Waals surface area contributed by atoms with Crippen molar-refractivity contribution >= 4 is 39.3 Å². The molecule has 6 heteroatoms. The number of carbonyl (C=O) groups is 1. The fourth-order valence-corrected chi connectivity index (χ4v) is 3.67. The van der Waals surface area contributed by atoms with Crippen LogP contribution in [0.2, 0.25) is 0 Å². The van der Waals surface area contributed by atoms with Crippen molar-refractivity contribution in [1.29, 1.82) is 0 Å². The van der Waals surface area contributed by atoms with Crippen LogP contribution in [0.15, 0.2) is 21.5 Å². The molecule has 0 radical (unpaired) electrons. The Morgan fingerprint density at radius 1 is 1.50 bits per heavy atom. The predicted molar refractivity (Wildman–Crippen MR) is 86.4 cm³/mol. The van der Waals surface area contributed by atoms with Crippen LogP contribution < -0.4 is 10.6 Å². The summed E-state index contributed by atoms with van der Waals surface area (Å²) in [5, 5.41) is 6.22. The monoisotopic (exact) mass is 358 g/mol. The van der Waals surface area contributed by atoms with E-state index >= 15 is 0 Å². The van der Waals surface area contributed by atoms with Crippen molar-refractivity contribution in [3.8, 4) is 0 Å². The van der Waals surface area contributed by atoms with E-state index < -0.39 is 0 Å². The quantitative estimate of drug-likeness (QED) is 0.580. The Bertz CT molecular complexity index is 496. The topological polar surface area (TPSA) is 50.4 Å². The lowest BCUT2D eigenvalue weighted by Gasteiger charge is -2.12. The van der Waals surface area contributed by atoms with Crippen LogP contribution in [-0.4, -0.2) is 31.9 Å². The number of nitrogens with one attached hydrogen (secondary N) is 2. The van der Waals surface area contributed by atoms with E-state index in [0.29, 0.717) is 6.61 Å². The molecule has 1 atom stereocenters. The van der Waals surface area contributed by atoms with Crippen LogP contribution in [0.4, 0.5) is 5.69 Å². The fourth-order valence-electron chi connectivity index (χ4n) is 2.10. The minimum absolute atomic E-state index is 0.0272. The van der Waals surface area contributed by atoms with Crippen molar-refractivity contribution in [1.82, 2.24) is 5.32 Å². The molecule has 1 unspecified atom stereocenters. The van der Waals surface area contributed by atoms with Gasteiger partial charge in [0, 0.05) is 33.5 Å². The van der Waals surface area contributed by atoms with Crippen LogP contribution in [-0.2, 0) is 9.53 Å². The first-order valence-corrected chi connectivity index (χ1v) is 8.44. The molecule has 0 saturated heterocycles. The SMILES string of the molecule is CCCNC1C(=O)Nc2cc(SCCOC)c(Br)cc21. The molecule has 0 saturated carbocycles. The van der Waals surface area contributed by atoms with E-state index in [2.05, 4.69) is 33.5 Å². The summed E-state index contributed by atoms with van der Waals surface area (Å²) in [7, 11) is 1.70. The molecule has 2 rings (SSSR count). The van der Waals surface area contributed by atoms with E-state index in [0.717, 1.165) is 39.3 Å². The van der Waals surface area contributed by atoms with E-state index in [4.69, 9.17) is 4.74 Å². The second-order valence-electron chi connectivity index (χ2n) is 4.59. The molecule has 1 aromatic carbocycles. The Hall–Kier alpha value is -0.560. The van der Waals surface area contributed by atoms with Gasteiger partial charge in [-0.3, -0.25) is 4.79 Å². The van der Waals surface area contributed by atoms with Gasteiger partial charge in [0.15, 0.2) is 0 Å². The van der Waals surface area contributed by atoms with Gasteiger partial charge in [0.2, 0.25) is 5.91 Å². The third kappa shape index (κ3) is 3.55. The zero-order chi connectivity index (χ0) is 14.5. The van der Waals surface area contributed by atoms with Gasteiger partial charge in [-0.25, -0.2) is 0 Å². The number of amides is 1. The number of methoxy groups -OCH3 is 1. The smallest absolute Gasteiger partial charge is 0.246 e. The highest BCUT2D eigenvalue weighted by Gasteiger charge is 2.30. The van der Waals surface area contributed by atoms with Crippen molar-refractivity contribution in [2.45, 2.75) is 24.3 Å². The molecule has 0 aliphatic carbocycles. The molecule has 0 bridgehead atoms. The van der Waals surface area contributed by atoms with Gasteiger partial charge in [0.1, 0.15) is 6.04 Å². The van der Waals surface area contributed by atoms with E-state index in [-0.39, 0.29) is 11.9 Å². The average Bonchev–Trinajstić information content (AvgIpc) is 2.72. The van der Waals surface area contributed by atoms with Crippen molar-refractivity contribution < 1.29 is 9.53 Å². The summed E-state index contributed by atoms with van der Waals surface area (Å²) in [5.41, 5.74) is 1.93. The number of hydrogen-bond donors (Lipinski definition) is 2. The molecule has 110 valence electrons. The largest absolute Gasteiger partial charge is 0.384 e. The number of benzene rings is 1. The molecular formula is C14H19BrN2O2S. The fraction of sp³-hybridized carbons (Fsp3) is 0.500. The van der Waals surface area contributed by atoms with E-state index in [1.165, 1.54) is 0 Å². The van der Waals surface area contributed by atoms with Crippen LogP contribution >= 0.6 is 27.7 Å². The molecule has 20 heavy (non-hydrogen) atoms. The highest BCUT2D eigenvalue weighted by Crippen LogP contribution is 2.38. The Morgan fingerprint density at radius 2 is 2.30 bits per heavy atom. The number of halogens is 1. The summed E-state index contributed by atoms with van der Waals surface area (Å²) in [6.07, 6.45) is 1.01. The van der Waals surface area contributed by atoms with Crippen molar-refractivity contribution in [2.75, 3.05) is 31.3 Å². The molecule has 2 N–H and O–H groups in total. The number of thioether (sulfide) groups is 1. The highest BCUT2D eigenvalue weighted by atomic mass is 79.9. The van der Waals surface area contributed by atoms with Crippen LogP contribution in [0.3, 0.4) is 0 Å². The minimum atomic E-state index is -0.237. The molecule has 1 aliphatic rings. The third-order valence-corrected chi connectivity index (χ3v) is 5.02. The third-order valence-electron chi connectivity index (χ3n) is 3.08. The summed E-state index contributed by atoms with van der Waals surface area (Å²) in [6.45, 7) is 3.63. The molecule has 1 amide bonds. The Labute approximate surface area is 132 Å². The van der Waals surface area contributed by atoms with Crippen molar-refractivity contribution in [2.24, 2.45) is 0 Å². The number of hydrogen-bond acceptors (Lipinski definition) is 4. The van der Waals surface area contributed by atoms with Gasteiger partial charge in [-0.1, -0.05) is 6.92 Å². The van der Waals surface area contributed by atoms with Gasteiger partial charge in [-0.2, -0.15) is 0 Å². The molecule has 0 spiro atoms. The number of ether oxygens (including phenoxy) is 1. The Morgan fingerprint density at radius 3 is 3.00 bits per heavy atom. The van der Waals surface area contributed by atoms with E-state index in [1.807, 2.05) is 12.1 Å². The summed E-state index contributed by atoms with van der Waals surface area (Å²) >= 11 is 5.30. The van der Waals surface area contributed by atoms with Crippen LogP contribution in [0.25, 0.3) is 0 Å². The first kappa shape index (κ1) is 15.8. The lowest BCUT2D eigenvalue weighted by Crippen LogP contribution is -2.27. The summed E-state index contributed by atoms with van der Waals surface area (Å²) in [6, 6.07) is 3.83. The second-order valence-corrected chi connectivity index (χ2v) is 6.58. The minimum Gasteiger partial charge on any atom is -0.384 e. The summed E-state index contributed by atoms with van der Waals surface area (Å²) in [4.78, 5) is 13.1. The van der Waals surface area contributed by atoms with Gasteiger partial charge in [-0.15, -0.1) is 11.8 Å². The van der Waals surface area contributed by atoms with E-state index in [1.54, 1.807) is 18.9 Å². The van der Waals surface area contributed by atoms with Gasteiger partial charge < -0.3 is 15.4 Å².